The van der Waals surface area contributed by atoms with E-state index in [0.717, 1.165) is 41.5 Å². The van der Waals surface area contributed by atoms with Gasteiger partial charge in [0.1, 0.15) is 0 Å². The van der Waals surface area contributed by atoms with Gasteiger partial charge >= 0.3 is 0 Å². The molecule has 7 nitrogen and oxygen atoms in total. The minimum absolute atomic E-state index is 0.221. The third kappa shape index (κ3) is 3.60. The zero-order chi connectivity index (χ0) is 19.7. The van der Waals surface area contributed by atoms with Crippen LogP contribution in [-0.2, 0) is 0 Å². The van der Waals surface area contributed by atoms with Crippen LogP contribution in [0, 0.1) is 20.8 Å². The average Bonchev–Trinajstić information content (AvgIpc) is 3.20. The van der Waals surface area contributed by atoms with Crippen molar-refractivity contribution in [2.24, 2.45) is 0 Å². The number of anilines is 3. The second-order valence-electron chi connectivity index (χ2n) is 7.21. The summed E-state index contributed by atoms with van der Waals surface area (Å²) in [5, 5.41) is 3.22. The summed E-state index contributed by atoms with van der Waals surface area (Å²) in [5.41, 5.74) is 5.11. The van der Waals surface area contributed by atoms with Crippen LogP contribution in [0.4, 0.5) is 17.6 Å². The Balaban J connectivity index is 1.67. The van der Waals surface area contributed by atoms with Crippen LogP contribution in [0.2, 0.25) is 0 Å². The van der Waals surface area contributed by atoms with E-state index >= 15 is 0 Å². The molecule has 3 aromatic rings. The molecule has 0 aliphatic carbocycles. The molecule has 0 bridgehead atoms. The Kier molecular flexibility index (Phi) is 4.81. The zero-order valence-electron chi connectivity index (χ0n) is 16.4. The minimum atomic E-state index is -0.221. The number of benzene rings is 1. The summed E-state index contributed by atoms with van der Waals surface area (Å²) in [6, 6.07) is 7.47. The highest BCUT2D eigenvalue weighted by atomic mass is 16.1. The van der Waals surface area contributed by atoms with Crippen LogP contribution >= 0.6 is 0 Å². The molecule has 1 fully saturated rings. The second kappa shape index (κ2) is 7.42. The Labute approximate surface area is 163 Å². The Morgan fingerprint density at radius 2 is 1.89 bits per heavy atom. The SMILES string of the molecule is Cc1cccc(Nc2nc(-c3cnc(N4CCCC4)nc3C)cc(=O)[nH]2)c1C. The van der Waals surface area contributed by atoms with Crippen molar-refractivity contribution in [3.05, 3.63) is 57.6 Å². The zero-order valence-corrected chi connectivity index (χ0v) is 16.4. The predicted molar refractivity (Wildman–Crippen MR) is 111 cm³/mol. The summed E-state index contributed by atoms with van der Waals surface area (Å²) in [7, 11) is 0. The normalized spacial score (nSPS) is 13.8. The molecule has 0 spiro atoms. The Morgan fingerprint density at radius 3 is 2.64 bits per heavy atom. The fraction of sp³-hybridized carbons (Fsp3) is 0.333. The highest BCUT2D eigenvalue weighted by Crippen LogP contribution is 2.24. The number of hydrogen-bond donors (Lipinski definition) is 2. The average molecular weight is 376 g/mol. The highest BCUT2D eigenvalue weighted by molar-refractivity contribution is 5.65. The van der Waals surface area contributed by atoms with Gasteiger partial charge in [-0.1, -0.05) is 12.1 Å². The molecule has 1 aliphatic heterocycles. The van der Waals surface area contributed by atoms with Gasteiger partial charge in [-0.25, -0.2) is 15.0 Å². The molecular formula is C21H24N6O. The summed E-state index contributed by atoms with van der Waals surface area (Å²) >= 11 is 0. The Hall–Kier alpha value is -3.22. The van der Waals surface area contributed by atoms with Gasteiger partial charge in [0.2, 0.25) is 11.9 Å². The van der Waals surface area contributed by atoms with Gasteiger partial charge in [-0.3, -0.25) is 9.78 Å². The summed E-state index contributed by atoms with van der Waals surface area (Å²) in [4.78, 5) is 30.9. The van der Waals surface area contributed by atoms with Crippen molar-refractivity contribution < 1.29 is 0 Å². The largest absolute Gasteiger partial charge is 0.341 e. The maximum atomic E-state index is 12.2. The first kappa shape index (κ1) is 18.2. The van der Waals surface area contributed by atoms with Gasteiger partial charge in [-0.2, -0.15) is 0 Å². The number of nitrogens with zero attached hydrogens (tertiary/aromatic N) is 4. The van der Waals surface area contributed by atoms with Crippen molar-refractivity contribution in [1.29, 1.82) is 0 Å². The van der Waals surface area contributed by atoms with Gasteiger partial charge in [0.25, 0.3) is 5.56 Å². The van der Waals surface area contributed by atoms with E-state index in [0.29, 0.717) is 11.6 Å². The van der Waals surface area contributed by atoms with Gasteiger partial charge < -0.3 is 10.2 Å². The lowest BCUT2D eigenvalue weighted by molar-refractivity contribution is 0.889. The lowest BCUT2D eigenvalue weighted by Gasteiger charge is -2.16. The molecule has 0 saturated carbocycles. The number of hydrogen-bond acceptors (Lipinski definition) is 6. The van der Waals surface area contributed by atoms with E-state index in [-0.39, 0.29) is 5.56 Å². The van der Waals surface area contributed by atoms with Gasteiger partial charge in [0.05, 0.1) is 11.4 Å². The molecule has 1 aliphatic rings. The molecule has 4 rings (SSSR count). The predicted octanol–water partition coefficient (Wildman–Crippen LogP) is 3.50. The quantitative estimate of drug-likeness (QED) is 0.725. The van der Waals surface area contributed by atoms with Crippen LogP contribution in [0.1, 0.15) is 29.7 Å². The van der Waals surface area contributed by atoms with Crippen LogP contribution in [0.5, 0.6) is 0 Å². The molecule has 1 aromatic carbocycles. The smallest absolute Gasteiger partial charge is 0.252 e. The van der Waals surface area contributed by atoms with Gasteiger partial charge in [0, 0.05) is 36.6 Å². The molecule has 7 heteroatoms. The van der Waals surface area contributed by atoms with E-state index in [9.17, 15) is 4.79 Å². The molecule has 28 heavy (non-hydrogen) atoms. The minimum Gasteiger partial charge on any atom is -0.341 e. The van der Waals surface area contributed by atoms with E-state index in [1.807, 2.05) is 26.0 Å². The third-order valence-electron chi connectivity index (χ3n) is 5.23. The summed E-state index contributed by atoms with van der Waals surface area (Å²) in [6.45, 7) is 8.00. The Morgan fingerprint density at radius 1 is 1.11 bits per heavy atom. The molecular weight excluding hydrogens is 352 g/mol. The van der Waals surface area contributed by atoms with Crippen molar-refractivity contribution in [2.45, 2.75) is 33.6 Å². The number of H-pyrrole nitrogens is 1. The monoisotopic (exact) mass is 376 g/mol. The number of aromatic nitrogens is 4. The summed E-state index contributed by atoms with van der Waals surface area (Å²) < 4.78 is 0. The van der Waals surface area contributed by atoms with E-state index in [1.54, 1.807) is 6.20 Å². The van der Waals surface area contributed by atoms with Crippen molar-refractivity contribution in [3.63, 3.8) is 0 Å². The van der Waals surface area contributed by atoms with Gasteiger partial charge in [-0.05, 0) is 50.8 Å². The first-order valence-corrected chi connectivity index (χ1v) is 9.55. The third-order valence-corrected chi connectivity index (χ3v) is 5.23. The molecule has 144 valence electrons. The van der Waals surface area contributed by atoms with Gasteiger partial charge in [-0.15, -0.1) is 0 Å². The van der Waals surface area contributed by atoms with Crippen LogP contribution in [0.25, 0.3) is 11.3 Å². The second-order valence-corrected chi connectivity index (χ2v) is 7.21. The fourth-order valence-corrected chi connectivity index (χ4v) is 3.44. The van der Waals surface area contributed by atoms with Crippen molar-refractivity contribution in [3.8, 4) is 11.3 Å². The van der Waals surface area contributed by atoms with Crippen molar-refractivity contribution in [2.75, 3.05) is 23.3 Å². The van der Waals surface area contributed by atoms with Gasteiger partial charge in [0.15, 0.2) is 0 Å². The van der Waals surface area contributed by atoms with Crippen molar-refractivity contribution in [1.82, 2.24) is 19.9 Å². The van der Waals surface area contributed by atoms with Crippen molar-refractivity contribution >= 4 is 17.6 Å². The number of aryl methyl sites for hydroxylation is 2. The number of aromatic amines is 1. The van der Waals surface area contributed by atoms with E-state index in [2.05, 4.69) is 43.1 Å². The maximum absolute atomic E-state index is 12.2. The topological polar surface area (TPSA) is 86.8 Å². The van der Waals surface area contributed by atoms with Crippen LogP contribution in [-0.4, -0.2) is 33.0 Å². The fourth-order valence-electron chi connectivity index (χ4n) is 3.44. The molecule has 2 aromatic heterocycles. The highest BCUT2D eigenvalue weighted by Gasteiger charge is 2.17. The molecule has 2 N–H and O–H groups in total. The van der Waals surface area contributed by atoms with E-state index < -0.39 is 0 Å². The van der Waals surface area contributed by atoms with Crippen LogP contribution in [0.3, 0.4) is 0 Å². The Bertz CT molecular complexity index is 1070. The number of nitrogens with one attached hydrogen (secondary N) is 2. The standard InChI is InChI=1S/C21H24N6O/c1-13-7-6-8-17(14(13)2)24-20-25-18(11-19(28)26-20)16-12-22-21(23-15(16)3)27-9-4-5-10-27/h6-8,11-12H,4-5,9-10H2,1-3H3,(H2,24,25,26,28). The van der Waals surface area contributed by atoms with E-state index in [1.165, 1.54) is 24.5 Å². The number of rotatable bonds is 4. The first-order chi connectivity index (χ1) is 13.5. The lowest BCUT2D eigenvalue weighted by Crippen LogP contribution is -2.20. The lowest BCUT2D eigenvalue weighted by atomic mass is 10.1. The summed E-state index contributed by atoms with van der Waals surface area (Å²) in [5.74, 6) is 1.15. The maximum Gasteiger partial charge on any atom is 0.252 e. The van der Waals surface area contributed by atoms with E-state index in [4.69, 9.17) is 0 Å². The van der Waals surface area contributed by atoms with Crippen LogP contribution < -0.4 is 15.8 Å². The molecule has 0 atom stereocenters. The first-order valence-electron chi connectivity index (χ1n) is 9.55. The molecule has 3 heterocycles. The summed E-state index contributed by atoms with van der Waals surface area (Å²) in [6.07, 6.45) is 4.11. The molecule has 0 amide bonds. The molecule has 0 radical (unpaired) electrons. The van der Waals surface area contributed by atoms with Crippen LogP contribution in [0.15, 0.2) is 35.3 Å². The molecule has 0 unspecified atom stereocenters. The molecule has 1 saturated heterocycles.